The van der Waals surface area contributed by atoms with Crippen LogP contribution in [0.2, 0.25) is 5.02 Å². The summed E-state index contributed by atoms with van der Waals surface area (Å²) in [7, 11) is 0. The number of aromatic nitrogens is 3. The van der Waals surface area contributed by atoms with Gasteiger partial charge in [0.2, 0.25) is 5.89 Å². The fraction of sp³-hybridized carbons (Fsp3) is 0.176. The molecule has 0 unspecified atom stereocenters. The lowest BCUT2D eigenvalue weighted by atomic mass is 10.1. The molecule has 0 bridgehead atoms. The van der Waals surface area contributed by atoms with E-state index >= 15 is 0 Å². The number of benzene rings is 1. The average Bonchev–Trinajstić information content (AvgIpc) is 3.05. The molecule has 0 spiro atoms. The maximum absolute atomic E-state index is 12.1. The summed E-state index contributed by atoms with van der Waals surface area (Å²) in [5.74, 6) is 0.878. The van der Waals surface area contributed by atoms with Gasteiger partial charge in [0, 0.05) is 17.6 Å². The second-order valence-electron chi connectivity index (χ2n) is 5.35. The summed E-state index contributed by atoms with van der Waals surface area (Å²) >= 11 is 9.02. The number of rotatable bonds is 5. The van der Waals surface area contributed by atoms with E-state index in [4.69, 9.17) is 21.4 Å². The monoisotopic (exact) mass is 418 g/mol. The van der Waals surface area contributed by atoms with E-state index < -0.39 is 0 Å². The van der Waals surface area contributed by atoms with Gasteiger partial charge < -0.3 is 9.09 Å². The van der Waals surface area contributed by atoms with E-state index in [1.807, 2.05) is 30.3 Å². The van der Waals surface area contributed by atoms with E-state index in [1.54, 1.807) is 0 Å². The van der Waals surface area contributed by atoms with Gasteiger partial charge in [0.15, 0.2) is 5.82 Å². The number of hydrogen-bond acceptors (Lipinski definition) is 5. The molecule has 0 saturated carbocycles. The molecule has 3 rings (SSSR count). The third-order valence-corrected chi connectivity index (χ3v) is 4.36. The Hall–Kier alpha value is -2.43. The molecule has 2 aromatic heterocycles. The van der Waals surface area contributed by atoms with Crippen molar-refractivity contribution in [1.29, 1.82) is 5.26 Å². The third-order valence-electron chi connectivity index (χ3n) is 3.54. The Morgan fingerprint density at radius 3 is 2.76 bits per heavy atom. The van der Waals surface area contributed by atoms with Crippen LogP contribution in [0.15, 0.2) is 50.3 Å². The number of hydrogen-bond donors (Lipinski definition) is 0. The lowest BCUT2D eigenvalue weighted by Gasteiger charge is -2.03. The second-order valence-corrected chi connectivity index (χ2v) is 6.64. The molecule has 2 heterocycles. The first-order chi connectivity index (χ1) is 12.0. The summed E-state index contributed by atoms with van der Waals surface area (Å²) in [5.41, 5.74) is 1.23. The standard InChI is InChI=1S/C17H12BrClN4O2/c18-14-7-12(8-20)9-23(17(14)24)10-16-21-15(22-25-16)6-3-11-1-4-13(19)5-2-11/h1-2,4-5,7,9H,3,6,10H2. The highest BCUT2D eigenvalue weighted by atomic mass is 79.9. The minimum atomic E-state index is -0.264. The zero-order valence-corrected chi connectivity index (χ0v) is 15.3. The first-order valence-corrected chi connectivity index (χ1v) is 8.58. The van der Waals surface area contributed by atoms with E-state index in [0.717, 1.165) is 12.0 Å². The Labute approximate surface area is 156 Å². The van der Waals surface area contributed by atoms with Crippen molar-refractivity contribution < 1.29 is 4.52 Å². The molecule has 8 heteroatoms. The van der Waals surface area contributed by atoms with Gasteiger partial charge in [-0.15, -0.1) is 0 Å². The van der Waals surface area contributed by atoms with Crippen molar-refractivity contribution in [2.24, 2.45) is 0 Å². The van der Waals surface area contributed by atoms with Crippen LogP contribution < -0.4 is 5.56 Å². The van der Waals surface area contributed by atoms with Crippen LogP contribution in [0.3, 0.4) is 0 Å². The van der Waals surface area contributed by atoms with Crippen LogP contribution in [0.5, 0.6) is 0 Å². The van der Waals surface area contributed by atoms with Crippen LogP contribution in [-0.2, 0) is 19.4 Å². The molecule has 0 amide bonds. The molecule has 0 radical (unpaired) electrons. The van der Waals surface area contributed by atoms with Crippen LogP contribution in [0, 0.1) is 11.3 Å². The van der Waals surface area contributed by atoms with Gasteiger partial charge >= 0.3 is 0 Å². The molecule has 0 saturated heterocycles. The Morgan fingerprint density at radius 2 is 2.04 bits per heavy atom. The van der Waals surface area contributed by atoms with Crippen molar-refractivity contribution in [2.75, 3.05) is 0 Å². The molecular formula is C17H12BrClN4O2. The van der Waals surface area contributed by atoms with E-state index in [1.165, 1.54) is 16.8 Å². The average molecular weight is 420 g/mol. The van der Waals surface area contributed by atoms with Crippen molar-refractivity contribution in [1.82, 2.24) is 14.7 Å². The van der Waals surface area contributed by atoms with E-state index in [2.05, 4.69) is 26.1 Å². The van der Waals surface area contributed by atoms with Gasteiger partial charge in [0.25, 0.3) is 5.56 Å². The van der Waals surface area contributed by atoms with Crippen LogP contribution in [-0.4, -0.2) is 14.7 Å². The predicted octanol–water partition coefficient (Wildman–Crippen LogP) is 3.35. The first kappa shape index (κ1) is 17.4. The molecule has 0 aliphatic carbocycles. The van der Waals surface area contributed by atoms with Gasteiger partial charge in [0.1, 0.15) is 12.6 Å². The molecule has 0 N–H and O–H groups in total. The highest BCUT2D eigenvalue weighted by Gasteiger charge is 2.11. The zero-order chi connectivity index (χ0) is 17.8. The van der Waals surface area contributed by atoms with Gasteiger partial charge in [-0.2, -0.15) is 10.2 Å². The molecule has 0 aliphatic rings. The number of nitrogens with zero attached hydrogens (tertiary/aromatic N) is 4. The Morgan fingerprint density at radius 1 is 1.28 bits per heavy atom. The summed E-state index contributed by atoms with van der Waals surface area (Å²) in [4.78, 5) is 16.4. The maximum atomic E-state index is 12.1. The fourth-order valence-electron chi connectivity index (χ4n) is 2.29. The molecule has 25 heavy (non-hydrogen) atoms. The molecule has 126 valence electrons. The highest BCUT2D eigenvalue weighted by Crippen LogP contribution is 2.12. The number of nitriles is 1. The summed E-state index contributed by atoms with van der Waals surface area (Å²) in [6.07, 6.45) is 2.83. The van der Waals surface area contributed by atoms with E-state index in [-0.39, 0.29) is 12.1 Å². The second kappa shape index (κ2) is 7.64. The molecule has 0 atom stereocenters. The van der Waals surface area contributed by atoms with Crippen LogP contribution >= 0.6 is 27.5 Å². The molecule has 6 nitrogen and oxygen atoms in total. The first-order valence-electron chi connectivity index (χ1n) is 7.41. The summed E-state index contributed by atoms with van der Waals surface area (Å²) in [5, 5.41) is 13.6. The largest absolute Gasteiger partial charge is 0.337 e. The molecule has 1 aromatic carbocycles. The van der Waals surface area contributed by atoms with Gasteiger partial charge in [-0.1, -0.05) is 28.9 Å². The quantitative estimate of drug-likeness (QED) is 0.633. The number of pyridine rings is 1. The smallest absolute Gasteiger partial charge is 0.265 e. The van der Waals surface area contributed by atoms with Gasteiger partial charge in [-0.3, -0.25) is 4.79 Å². The van der Waals surface area contributed by atoms with Gasteiger partial charge in [0.05, 0.1) is 10.0 Å². The normalized spacial score (nSPS) is 10.6. The SMILES string of the molecule is N#Cc1cc(Br)c(=O)n(Cc2nc(CCc3ccc(Cl)cc3)no2)c1. The van der Waals surface area contributed by atoms with Gasteiger partial charge in [-0.25, -0.2) is 0 Å². The molecule has 0 fully saturated rings. The lowest BCUT2D eigenvalue weighted by molar-refractivity contribution is 0.364. The Balaban J connectivity index is 1.70. The van der Waals surface area contributed by atoms with Crippen molar-refractivity contribution in [2.45, 2.75) is 19.4 Å². The van der Waals surface area contributed by atoms with Crippen molar-refractivity contribution in [3.8, 4) is 6.07 Å². The molecule has 3 aromatic rings. The van der Waals surface area contributed by atoms with Crippen molar-refractivity contribution in [3.63, 3.8) is 0 Å². The summed E-state index contributed by atoms with van der Waals surface area (Å²) in [6.45, 7) is 0.112. The maximum Gasteiger partial charge on any atom is 0.265 e. The zero-order valence-electron chi connectivity index (χ0n) is 12.9. The molecule has 0 aliphatic heterocycles. The highest BCUT2D eigenvalue weighted by molar-refractivity contribution is 9.10. The number of aryl methyl sites for hydroxylation is 2. The fourth-order valence-corrected chi connectivity index (χ4v) is 2.89. The van der Waals surface area contributed by atoms with Crippen LogP contribution in [0.1, 0.15) is 22.8 Å². The number of halogens is 2. The van der Waals surface area contributed by atoms with Crippen molar-refractivity contribution in [3.05, 3.63) is 79.2 Å². The predicted molar refractivity (Wildman–Crippen MR) is 95.4 cm³/mol. The minimum absolute atomic E-state index is 0.112. The molecular weight excluding hydrogens is 408 g/mol. The van der Waals surface area contributed by atoms with Crippen LogP contribution in [0.25, 0.3) is 0 Å². The van der Waals surface area contributed by atoms with Gasteiger partial charge in [-0.05, 0) is 46.1 Å². The summed E-state index contributed by atoms with van der Waals surface area (Å²) < 4.78 is 6.88. The Bertz CT molecular complexity index is 989. The van der Waals surface area contributed by atoms with Crippen molar-refractivity contribution >= 4 is 27.5 Å². The third kappa shape index (κ3) is 4.35. The minimum Gasteiger partial charge on any atom is -0.337 e. The Kier molecular flexibility index (Phi) is 5.31. The lowest BCUT2D eigenvalue weighted by Crippen LogP contribution is -2.21. The summed E-state index contributed by atoms with van der Waals surface area (Å²) in [6, 6.07) is 11.1. The van der Waals surface area contributed by atoms with E-state index in [9.17, 15) is 4.79 Å². The van der Waals surface area contributed by atoms with E-state index in [0.29, 0.717) is 33.2 Å². The van der Waals surface area contributed by atoms with Crippen LogP contribution in [0.4, 0.5) is 0 Å². The topological polar surface area (TPSA) is 84.7 Å².